The van der Waals surface area contributed by atoms with Gasteiger partial charge in [-0.3, -0.25) is 9.59 Å². The summed E-state index contributed by atoms with van der Waals surface area (Å²) in [5.74, 6) is -0.385. The van der Waals surface area contributed by atoms with Crippen LogP contribution < -0.4 is 5.32 Å². The molecule has 1 fully saturated rings. The Kier molecular flexibility index (Phi) is 3.53. The van der Waals surface area contributed by atoms with Crippen LogP contribution in [0, 0.1) is 0 Å². The van der Waals surface area contributed by atoms with E-state index in [2.05, 4.69) is 10.3 Å². The van der Waals surface area contributed by atoms with Crippen LogP contribution >= 0.6 is 0 Å². The highest BCUT2D eigenvalue weighted by Gasteiger charge is 2.42. The Bertz CT molecular complexity index is 492. The van der Waals surface area contributed by atoms with Gasteiger partial charge in [0, 0.05) is 6.92 Å². The molecule has 102 valence electrons. The molecule has 1 aromatic heterocycles. The summed E-state index contributed by atoms with van der Waals surface area (Å²) < 4.78 is 0. The zero-order valence-corrected chi connectivity index (χ0v) is 11.0. The number of likely N-dealkylation sites (tertiary alicyclic amines) is 1. The number of carbonyl (C=O) groups is 2. The van der Waals surface area contributed by atoms with Crippen molar-refractivity contribution < 1.29 is 14.7 Å². The average molecular weight is 263 g/mol. The monoisotopic (exact) mass is 263 g/mol. The lowest BCUT2D eigenvalue weighted by molar-refractivity contribution is -0.114. The fourth-order valence-electron chi connectivity index (χ4n) is 1.99. The largest absolute Gasteiger partial charge is 0.386 e. The molecular formula is C13H17N3O3. The topological polar surface area (TPSA) is 82.5 Å². The molecule has 0 bridgehead atoms. The number of rotatable bonds is 3. The Morgan fingerprint density at radius 1 is 1.47 bits per heavy atom. The van der Waals surface area contributed by atoms with Gasteiger partial charge >= 0.3 is 0 Å². The molecule has 1 aliphatic heterocycles. The third-order valence-electron chi connectivity index (χ3n) is 3.22. The van der Waals surface area contributed by atoms with Crippen LogP contribution in [0.15, 0.2) is 18.3 Å². The average Bonchev–Trinajstić information content (AvgIpc) is 2.34. The Morgan fingerprint density at radius 3 is 2.63 bits per heavy atom. The first-order valence-electron chi connectivity index (χ1n) is 6.19. The highest BCUT2D eigenvalue weighted by Crippen LogP contribution is 2.25. The normalized spacial score (nSPS) is 16.7. The van der Waals surface area contributed by atoms with E-state index in [1.807, 2.05) is 6.92 Å². The summed E-state index contributed by atoms with van der Waals surface area (Å²) in [6.45, 7) is 3.99. The molecule has 1 aromatic rings. The van der Waals surface area contributed by atoms with Crippen molar-refractivity contribution in [1.29, 1.82) is 0 Å². The van der Waals surface area contributed by atoms with Gasteiger partial charge in [-0.2, -0.15) is 0 Å². The molecule has 1 aliphatic rings. The van der Waals surface area contributed by atoms with Gasteiger partial charge in [0.05, 0.1) is 30.6 Å². The molecule has 0 atom stereocenters. The molecule has 2 rings (SSSR count). The molecule has 0 aromatic carbocycles. The van der Waals surface area contributed by atoms with Crippen molar-refractivity contribution >= 4 is 17.5 Å². The highest BCUT2D eigenvalue weighted by atomic mass is 16.3. The van der Waals surface area contributed by atoms with Crippen LogP contribution in [-0.2, 0) is 4.79 Å². The smallest absolute Gasteiger partial charge is 0.272 e. The van der Waals surface area contributed by atoms with Crippen LogP contribution in [0.1, 0.15) is 30.8 Å². The number of hydrogen-bond acceptors (Lipinski definition) is 4. The number of β-amino-alcohol motifs (C(OH)–C–C–N with tert-alkyl or cyclic N) is 1. The number of carbonyl (C=O) groups excluding carboxylic acids is 2. The minimum Gasteiger partial charge on any atom is -0.386 e. The van der Waals surface area contributed by atoms with E-state index in [-0.39, 0.29) is 11.8 Å². The lowest BCUT2D eigenvalue weighted by Crippen LogP contribution is -2.63. The van der Waals surface area contributed by atoms with E-state index in [1.165, 1.54) is 13.1 Å². The Hall–Kier alpha value is -1.95. The van der Waals surface area contributed by atoms with Gasteiger partial charge in [0.25, 0.3) is 5.91 Å². The van der Waals surface area contributed by atoms with Crippen molar-refractivity contribution in [3.05, 3.63) is 24.0 Å². The molecular weight excluding hydrogens is 246 g/mol. The number of nitrogens with zero attached hydrogens (tertiary/aromatic N) is 2. The molecule has 2 heterocycles. The van der Waals surface area contributed by atoms with Gasteiger partial charge in [0.2, 0.25) is 5.91 Å². The predicted molar refractivity (Wildman–Crippen MR) is 69.7 cm³/mol. The second-order valence-corrected chi connectivity index (χ2v) is 4.85. The number of pyridine rings is 1. The minimum atomic E-state index is -0.744. The van der Waals surface area contributed by atoms with E-state index >= 15 is 0 Å². The van der Waals surface area contributed by atoms with Gasteiger partial charge in [0.15, 0.2) is 0 Å². The van der Waals surface area contributed by atoms with Gasteiger partial charge < -0.3 is 15.3 Å². The number of anilines is 1. The molecule has 0 unspecified atom stereocenters. The molecule has 6 heteroatoms. The third-order valence-corrected chi connectivity index (χ3v) is 3.22. The summed E-state index contributed by atoms with van der Waals surface area (Å²) in [6, 6.07) is 3.20. The fraction of sp³-hybridized carbons (Fsp3) is 0.462. The van der Waals surface area contributed by atoms with Crippen LogP contribution in [0.4, 0.5) is 5.69 Å². The standard InChI is InChI=1S/C13H17N3O3/c1-3-13(19)7-16(8-13)12(18)11-5-4-10(6-14-11)15-9(2)17/h4-6,19H,3,7-8H2,1-2H3,(H,15,17). The fourth-order valence-corrected chi connectivity index (χ4v) is 1.99. The van der Waals surface area contributed by atoms with Crippen LogP contribution in [0.25, 0.3) is 0 Å². The number of amides is 2. The first-order valence-corrected chi connectivity index (χ1v) is 6.19. The summed E-state index contributed by atoms with van der Waals surface area (Å²) in [5, 5.41) is 12.5. The molecule has 0 spiro atoms. The van der Waals surface area contributed by atoms with Crippen molar-refractivity contribution in [3.8, 4) is 0 Å². The van der Waals surface area contributed by atoms with Crippen LogP contribution in [0.2, 0.25) is 0 Å². The maximum Gasteiger partial charge on any atom is 0.272 e. The van der Waals surface area contributed by atoms with Crippen molar-refractivity contribution in [2.45, 2.75) is 25.9 Å². The zero-order chi connectivity index (χ0) is 14.0. The zero-order valence-electron chi connectivity index (χ0n) is 11.0. The molecule has 2 N–H and O–H groups in total. The Morgan fingerprint density at radius 2 is 2.16 bits per heavy atom. The number of aliphatic hydroxyl groups is 1. The molecule has 0 radical (unpaired) electrons. The van der Waals surface area contributed by atoms with Crippen molar-refractivity contribution in [2.24, 2.45) is 0 Å². The van der Waals surface area contributed by atoms with E-state index in [0.717, 1.165) is 0 Å². The number of aromatic nitrogens is 1. The van der Waals surface area contributed by atoms with Crippen molar-refractivity contribution in [1.82, 2.24) is 9.88 Å². The van der Waals surface area contributed by atoms with Gasteiger partial charge in [-0.25, -0.2) is 4.98 Å². The second-order valence-electron chi connectivity index (χ2n) is 4.85. The highest BCUT2D eigenvalue weighted by molar-refractivity contribution is 5.94. The third kappa shape index (κ3) is 2.90. The lowest BCUT2D eigenvalue weighted by atomic mass is 9.91. The summed E-state index contributed by atoms with van der Waals surface area (Å²) >= 11 is 0. The Balaban J connectivity index is 1.99. The van der Waals surface area contributed by atoms with Crippen molar-refractivity contribution in [3.63, 3.8) is 0 Å². The molecule has 0 saturated carbocycles. The van der Waals surface area contributed by atoms with Crippen LogP contribution in [0.3, 0.4) is 0 Å². The van der Waals surface area contributed by atoms with Gasteiger partial charge in [-0.15, -0.1) is 0 Å². The van der Waals surface area contributed by atoms with Gasteiger partial charge in [-0.05, 0) is 18.6 Å². The lowest BCUT2D eigenvalue weighted by Gasteiger charge is -2.45. The van der Waals surface area contributed by atoms with E-state index < -0.39 is 5.60 Å². The van der Waals surface area contributed by atoms with E-state index in [9.17, 15) is 14.7 Å². The predicted octanol–water partition coefficient (Wildman–Crippen LogP) is 0.637. The first kappa shape index (κ1) is 13.5. The van der Waals surface area contributed by atoms with E-state index in [4.69, 9.17) is 0 Å². The number of hydrogen-bond donors (Lipinski definition) is 2. The molecule has 2 amide bonds. The van der Waals surface area contributed by atoms with Gasteiger partial charge in [-0.1, -0.05) is 6.92 Å². The molecule has 1 saturated heterocycles. The number of nitrogens with one attached hydrogen (secondary N) is 1. The van der Waals surface area contributed by atoms with E-state index in [0.29, 0.717) is 30.9 Å². The first-order chi connectivity index (χ1) is 8.93. The van der Waals surface area contributed by atoms with Crippen LogP contribution in [-0.4, -0.2) is 45.5 Å². The summed E-state index contributed by atoms with van der Waals surface area (Å²) in [4.78, 5) is 28.5. The maximum atomic E-state index is 12.0. The molecule has 19 heavy (non-hydrogen) atoms. The van der Waals surface area contributed by atoms with Gasteiger partial charge in [0.1, 0.15) is 5.69 Å². The summed E-state index contributed by atoms with van der Waals surface area (Å²) in [7, 11) is 0. The van der Waals surface area contributed by atoms with Crippen LogP contribution in [0.5, 0.6) is 0 Å². The second kappa shape index (κ2) is 4.97. The van der Waals surface area contributed by atoms with E-state index in [1.54, 1.807) is 17.0 Å². The quantitative estimate of drug-likeness (QED) is 0.838. The summed E-state index contributed by atoms with van der Waals surface area (Å²) in [5.41, 5.74) is 0.121. The molecule has 0 aliphatic carbocycles. The minimum absolute atomic E-state index is 0.184. The van der Waals surface area contributed by atoms with Crippen molar-refractivity contribution in [2.75, 3.05) is 18.4 Å². The SMILES string of the molecule is CCC1(O)CN(C(=O)c2ccc(NC(C)=O)cn2)C1. The Labute approximate surface area is 111 Å². The summed E-state index contributed by atoms with van der Waals surface area (Å²) in [6.07, 6.45) is 2.08. The maximum absolute atomic E-state index is 12.0. The molecule has 6 nitrogen and oxygen atoms in total.